The van der Waals surface area contributed by atoms with Gasteiger partial charge in [-0.05, 0) is 49.8 Å². The number of nitrogens with zero attached hydrogens (tertiary/aromatic N) is 1. The fourth-order valence-corrected chi connectivity index (χ4v) is 3.64. The molecule has 26 heavy (non-hydrogen) atoms. The highest BCUT2D eigenvalue weighted by Gasteiger charge is 2.20. The van der Waals surface area contributed by atoms with Gasteiger partial charge in [-0.2, -0.15) is 0 Å². The SMILES string of the molecule is CCNC(=NCc1ccc(F)c(C)c1)NCCS(=O)(=O)NCC1CCC1. The summed E-state index contributed by atoms with van der Waals surface area (Å²) in [6.45, 7) is 5.53. The van der Waals surface area contributed by atoms with Gasteiger partial charge in [-0.1, -0.05) is 18.6 Å². The van der Waals surface area contributed by atoms with Crippen LogP contribution >= 0.6 is 0 Å². The number of hydrogen-bond acceptors (Lipinski definition) is 3. The van der Waals surface area contributed by atoms with Crippen LogP contribution in [0.15, 0.2) is 23.2 Å². The van der Waals surface area contributed by atoms with Gasteiger partial charge >= 0.3 is 0 Å². The van der Waals surface area contributed by atoms with Gasteiger partial charge in [0.15, 0.2) is 5.96 Å². The Morgan fingerprint density at radius 2 is 2.08 bits per heavy atom. The summed E-state index contributed by atoms with van der Waals surface area (Å²) in [7, 11) is -3.28. The van der Waals surface area contributed by atoms with E-state index in [0.717, 1.165) is 18.4 Å². The van der Waals surface area contributed by atoms with Crippen molar-refractivity contribution in [3.8, 4) is 0 Å². The molecule has 1 aliphatic rings. The fraction of sp³-hybridized carbons (Fsp3) is 0.611. The van der Waals surface area contributed by atoms with Crippen molar-refractivity contribution in [2.24, 2.45) is 10.9 Å². The second-order valence-electron chi connectivity index (χ2n) is 6.67. The van der Waals surface area contributed by atoms with Gasteiger partial charge in [-0.3, -0.25) is 0 Å². The van der Waals surface area contributed by atoms with Crippen molar-refractivity contribution in [3.05, 3.63) is 35.1 Å². The first-order valence-corrected chi connectivity index (χ1v) is 10.8. The molecule has 8 heteroatoms. The van der Waals surface area contributed by atoms with E-state index < -0.39 is 10.0 Å². The number of benzene rings is 1. The molecule has 2 rings (SSSR count). The van der Waals surface area contributed by atoms with Crippen LogP contribution in [-0.2, 0) is 16.6 Å². The Morgan fingerprint density at radius 1 is 1.31 bits per heavy atom. The molecule has 6 nitrogen and oxygen atoms in total. The van der Waals surface area contributed by atoms with Crippen LogP contribution in [-0.4, -0.2) is 39.8 Å². The van der Waals surface area contributed by atoms with Crippen molar-refractivity contribution in [1.82, 2.24) is 15.4 Å². The first-order valence-electron chi connectivity index (χ1n) is 9.14. The maximum Gasteiger partial charge on any atom is 0.213 e. The van der Waals surface area contributed by atoms with Gasteiger partial charge < -0.3 is 10.6 Å². The molecule has 1 aliphatic carbocycles. The van der Waals surface area contributed by atoms with E-state index in [4.69, 9.17) is 0 Å². The normalized spacial score (nSPS) is 15.6. The molecular formula is C18H29FN4O2S. The molecule has 1 aromatic rings. The molecule has 0 bridgehead atoms. The zero-order valence-electron chi connectivity index (χ0n) is 15.5. The largest absolute Gasteiger partial charge is 0.357 e. The molecule has 3 N–H and O–H groups in total. The van der Waals surface area contributed by atoms with Crippen LogP contribution in [0.4, 0.5) is 4.39 Å². The van der Waals surface area contributed by atoms with Crippen molar-refractivity contribution in [1.29, 1.82) is 0 Å². The van der Waals surface area contributed by atoms with Crippen LogP contribution in [0, 0.1) is 18.7 Å². The number of nitrogens with one attached hydrogen (secondary N) is 3. The number of aliphatic imine (C=N–C) groups is 1. The second-order valence-corrected chi connectivity index (χ2v) is 8.60. The van der Waals surface area contributed by atoms with Gasteiger partial charge in [-0.15, -0.1) is 0 Å². The van der Waals surface area contributed by atoms with Gasteiger partial charge in [0.25, 0.3) is 0 Å². The van der Waals surface area contributed by atoms with E-state index in [-0.39, 0.29) is 18.1 Å². The van der Waals surface area contributed by atoms with E-state index >= 15 is 0 Å². The van der Waals surface area contributed by atoms with Crippen LogP contribution in [0.2, 0.25) is 0 Å². The van der Waals surface area contributed by atoms with Crippen LogP contribution in [0.3, 0.4) is 0 Å². The Morgan fingerprint density at radius 3 is 2.69 bits per heavy atom. The molecule has 1 aromatic carbocycles. The van der Waals surface area contributed by atoms with Gasteiger partial charge in [0, 0.05) is 19.6 Å². The summed E-state index contributed by atoms with van der Waals surface area (Å²) < 4.78 is 40.0. The second kappa shape index (κ2) is 9.87. The van der Waals surface area contributed by atoms with E-state index in [0.29, 0.717) is 37.1 Å². The molecule has 0 atom stereocenters. The zero-order chi connectivity index (χ0) is 19.0. The van der Waals surface area contributed by atoms with E-state index in [9.17, 15) is 12.8 Å². The maximum absolute atomic E-state index is 13.3. The number of halogens is 1. The molecule has 0 aromatic heterocycles. The summed E-state index contributed by atoms with van der Waals surface area (Å²) >= 11 is 0. The third kappa shape index (κ3) is 6.92. The van der Waals surface area contributed by atoms with Crippen LogP contribution < -0.4 is 15.4 Å². The molecule has 0 radical (unpaired) electrons. The first kappa shape index (κ1) is 20.6. The van der Waals surface area contributed by atoms with E-state index in [1.54, 1.807) is 19.1 Å². The van der Waals surface area contributed by atoms with Crippen molar-refractivity contribution in [2.45, 2.75) is 39.7 Å². The van der Waals surface area contributed by atoms with Crippen molar-refractivity contribution in [2.75, 3.05) is 25.4 Å². The fourth-order valence-electron chi connectivity index (χ4n) is 2.63. The lowest BCUT2D eigenvalue weighted by Crippen LogP contribution is -2.42. The van der Waals surface area contributed by atoms with Gasteiger partial charge in [0.1, 0.15) is 5.82 Å². The highest BCUT2D eigenvalue weighted by Crippen LogP contribution is 2.25. The summed E-state index contributed by atoms with van der Waals surface area (Å²) in [6.07, 6.45) is 3.42. The monoisotopic (exact) mass is 384 g/mol. The number of guanidine groups is 1. The van der Waals surface area contributed by atoms with Gasteiger partial charge in [0.2, 0.25) is 10.0 Å². The first-order chi connectivity index (χ1) is 12.4. The molecule has 0 saturated heterocycles. The Hall–Kier alpha value is -1.67. The third-order valence-electron chi connectivity index (χ3n) is 4.47. The van der Waals surface area contributed by atoms with Crippen LogP contribution in [0.5, 0.6) is 0 Å². The predicted molar refractivity (Wildman–Crippen MR) is 103 cm³/mol. The van der Waals surface area contributed by atoms with Crippen molar-refractivity contribution < 1.29 is 12.8 Å². The molecular weight excluding hydrogens is 355 g/mol. The molecule has 1 saturated carbocycles. The Labute approximate surface area is 155 Å². The van der Waals surface area contributed by atoms with Gasteiger partial charge in [-0.25, -0.2) is 22.5 Å². The molecule has 146 valence electrons. The third-order valence-corrected chi connectivity index (χ3v) is 5.81. The van der Waals surface area contributed by atoms with E-state index in [1.807, 2.05) is 6.92 Å². The minimum atomic E-state index is -3.28. The topological polar surface area (TPSA) is 82.6 Å². The highest BCUT2D eigenvalue weighted by molar-refractivity contribution is 7.89. The summed E-state index contributed by atoms with van der Waals surface area (Å²) in [5, 5.41) is 6.12. The summed E-state index contributed by atoms with van der Waals surface area (Å²) in [5.41, 5.74) is 1.48. The smallest absolute Gasteiger partial charge is 0.213 e. The minimum absolute atomic E-state index is 0.000208. The minimum Gasteiger partial charge on any atom is -0.357 e. The molecule has 0 heterocycles. The molecule has 0 unspecified atom stereocenters. The van der Waals surface area contributed by atoms with E-state index in [1.165, 1.54) is 12.5 Å². The molecule has 1 fully saturated rings. The van der Waals surface area contributed by atoms with Gasteiger partial charge in [0.05, 0.1) is 12.3 Å². The average Bonchev–Trinajstić information content (AvgIpc) is 2.54. The van der Waals surface area contributed by atoms with Crippen LogP contribution in [0.25, 0.3) is 0 Å². The maximum atomic E-state index is 13.3. The zero-order valence-corrected chi connectivity index (χ0v) is 16.3. The molecule has 0 aliphatic heterocycles. The summed E-state index contributed by atoms with van der Waals surface area (Å²) in [5.74, 6) is 0.807. The molecule has 0 amide bonds. The molecule has 0 spiro atoms. The van der Waals surface area contributed by atoms with Crippen molar-refractivity contribution >= 4 is 16.0 Å². The van der Waals surface area contributed by atoms with Crippen LogP contribution in [0.1, 0.15) is 37.3 Å². The lowest BCUT2D eigenvalue weighted by Gasteiger charge is -2.25. The number of rotatable bonds is 9. The number of aryl methyl sites for hydroxylation is 1. The summed E-state index contributed by atoms with van der Waals surface area (Å²) in [6, 6.07) is 4.89. The standard InChI is InChI=1S/C18H29FN4O2S/c1-3-20-18(22-12-16-7-8-17(19)14(2)11-16)21-9-10-26(24,25)23-13-15-5-4-6-15/h7-8,11,15,23H,3-6,9-10,12-13H2,1-2H3,(H2,20,21,22). The van der Waals surface area contributed by atoms with E-state index in [2.05, 4.69) is 20.3 Å². The quantitative estimate of drug-likeness (QED) is 0.449. The number of hydrogen-bond donors (Lipinski definition) is 3. The summed E-state index contributed by atoms with van der Waals surface area (Å²) in [4.78, 5) is 4.43. The number of sulfonamides is 1. The average molecular weight is 385 g/mol. The Balaban J connectivity index is 1.81. The highest BCUT2D eigenvalue weighted by atomic mass is 32.2. The Bertz CT molecular complexity index is 718. The predicted octanol–water partition coefficient (Wildman–Crippen LogP) is 1.91. The lowest BCUT2D eigenvalue weighted by atomic mass is 9.86. The van der Waals surface area contributed by atoms with Crippen molar-refractivity contribution in [3.63, 3.8) is 0 Å². The Kier molecular flexibility index (Phi) is 7.84. The lowest BCUT2D eigenvalue weighted by molar-refractivity contribution is 0.316.